The van der Waals surface area contributed by atoms with E-state index in [0.29, 0.717) is 5.56 Å². The van der Waals surface area contributed by atoms with E-state index in [1.54, 1.807) is 6.07 Å². The number of unbranched alkanes of at least 4 members (excludes halogenated alkanes) is 1. The molecule has 0 saturated heterocycles. The summed E-state index contributed by atoms with van der Waals surface area (Å²) in [6.45, 7) is 4.14. The maximum atomic E-state index is 10.7. The van der Waals surface area contributed by atoms with Crippen molar-refractivity contribution in [2.24, 2.45) is 0 Å². The van der Waals surface area contributed by atoms with Crippen LogP contribution in [0.3, 0.4) is 0 Å². The van der Waals surface area contributed by atoms with Gasteiger partial charge in [0.2, 0.25) is 0 Å². The van der Waals surface area contributed by atoms with Crippen LogP contribution in [0.2, 0.25) is 0 Å². The van der Waals surface area contributed by atoms with E-state index in [1.807, 2.05) is 31.2 Å². The molecule has 0 aromatic heterocycles. The summed E-state index contributed by atoms with van der Waals surface area (Å²) in [6, 6.07) is 13.7. The first kappa shape index (κ1) is 14.3. The molecular formula is C18H20O2. The molecule has 0 aliphatic heterocycles. The molecule has 0 fully saturated rings. The van der Waals surface area contributed by atoms with Crippen molar-refractivity contribution in [2.45, 2.75) is 33.1 Å². The average molecular weight is 268 g/mol. The number of rotatable bonds is 6. The third-order valence-corrected chi connectivity index (χ3v) is 3.31. The molecule has 0 aliphatic carbocycles. The second kappa shape index (κ2) is 6.90. The fraction of sp³-hybridized carbons (Fsp3) is 0.278. The van der Waals surface area contributed by atoms with Gasteiger partial charge >= 0.3 is 0 Å². The lowest BCUT2D eigenvalue weighted by atomic mass is 10.1. The lowest BCUT2D eigenvalue weighted by Crippen LogP contribution is -1.90. The monoisotopic (exact) mass is 268 g/mol. The molecule has 0 bridgehead atoms. The van der Waals surface area contributed by atoms with Crippen LogP contribution in [0.1, 0.15) is 41.3 Å². The van der Waals surface area contributed by atoms with Crippen molar-refractivity contribution >= 4 is 6.29 Å². The molecule has 2 aromatic carbocycles. The summed E-state index contributed by atoms with van der Waals surface area (Å²) in [4.78, 5) is 10.7. The van der Waals surface area contributed by atoms with Crippen LogP contribution in [0.5, 0.6) is 11.5 Å². The van der Waals surface area contributed by atoms with Crippen LogP contribution in [0, 0.1) is 6.92 Å². The lowest BCUT2D eigenvalue weighted by molar-refractivity contribution is 0.112. The van der Waals surface area contributed by atoms with Crippen molar-refractivity contribution in [1.82, 2.24) is 0 Å². The molecular weight excluding hydrogens is 248 g/mol. The Balaban J connectivity index is 2.08. The normalized spacial score (nSPS) is 10.3. The standard InChI is InChI=1S/C18H20O2/c1-3-4-5-15-6-9-17(10-7-15)20-18-11-8-16(13-19)12-14(18)2/h6-13H,3-5H2,1-2H3. The largest absolute Gasteiger partial charge is 0.457 e. The third-order valence-electron chi connectivity index (χ3n) is 3.31. The van der Waals surface area contributed by atoms with Gasteiger partial charge in [0.1, 0.15) is 17.8 Å². The summed E-state index contributed by atoms with van der Waals surface area (Å²) in [5.41, 5.74) is 2.97. The molecule has 0 saturated carbocycles. The SMILES string of the molecule is CCCCc1ccc(Oc2ccc(C=O)cc2C)cc1. The highest BCUT2D eigenvalue weighted by molar-refractivity contribution is 5.75. The molecule has 0 N–H and O–H groups in total. The summed E-state index contributed by atoms with van der Waals surface area (Å²) in [5.74, 6) is 1.61. The Morgan fingerprint density at radius 3 is 2.45 bits per heavy atom. The van der Waals surface area contributed by atoms with E-state index in [9.17, 15) is 4.79 Å². The summed E-state index contributed by atoms with van der Waals surface area (Å²) >= 11 is 0. The van der Waals surface area contributed by atoms with Gasteiger partial charge in [-0.05, 0) is 61.2 Å². The average Bonchev–Trinajstić information content (AvgIpc) is 2.48. The summed E-state index contributed by atoms with van der Waals surface area (Å²) in [6.07, 6.45) is 4.39. The highest BCUT2D eigenvalue weighted by Gasteiger charge is 2.03. The van der Waals surface area contributed by atoms with Crippen LogP contribution in [0.25, 0.3) is 0 Å². The zero-order valence-electron chi connectivity index (χ0n) is 12.1. The van der Waals surface area contributed by atoms with Crippen molar-refractivity contribution in [3.63, 3.8) is 0 Å². The molecule has 0 unspecified atom stereocenters. The quantitative estimate of drug-likeness (QED) is 0.693. The Morgan fingerprint density at radius 1 is 1.10 bits per heavy atom. The van der Waals surface area contributed by atoms with Crippen LogP contribution in [0.15, 0.2) is 42.5 Å². The number of aryl methyl sites for hydroxylation is 2. The van der Waals surface area contributed by atoms with E-state index in [1.165, 1.54) is 18.4 Å². The smallest absolute Gasteiger partial charge is 0.150 e. The number of benzene rings is 2. The van der Waals surface area contributed by atoms with Gasteiger partial charge in [0.05, 0.1) is 0 Å². The first-order chi connectivity index (χ1) is 9.72. The van der Waals surface area contributed by atoms with E-state index in [-0.39, 0.29) is 0 Å². The van der Waals surface area contributed by atoms with E-state index in [2.05, 4.69) is 19.1 Å². The van der Waals surface area contributed by atoms with Crippen LogP contribution >= 0.6 is 0 Å². The van der Waals surface area contributed by atoms with Crippen molar-refractivity contribution in [3.8, 4) is 11.5 Å². The van der Waals surface area contributed by atoms with Gasteiger partial charge in [0, 0.05) is 5.56 Å². The highest BCUT2D eigenvalue weighted by atomic mass is 16.5. The Kier molecular flexibility index (Phi) is 4.94. The molecule has 104 valence electrons. The number of ether oxygens (including phenoxy) is 1. The predicted octanol–water partition coefficient (Wildman–Crippen LogP) is 4.94. The van der Waals surface area contributed by atoms with E-state index in [4.69, 9.17) is 4.74 Å². The predicted molar refractivity (Wildman–Crippen MR) is 81.7 cm³/mol. The van der Waals surface area contributed by atoms with Crippen molar-refractivity contribution < 1.29 is 9.53 Å². The highest BCUT2D eigenvalue weighted by Crippen LogP contribution is 2.26. The van der Waals surface area contributed by atoms with Crippen LogP contribution < -0.4 is 4.74 Å². The van der Waals surface area contributed by atoms with E-state index >= 15 is 0 Å². The van der Waals surface area contributed by atoms with Crippen LogP contribution in [0.4, 0.5) is 0 Å². The zero-order chi connectivity index (χ0) is 14.4. The number of carbonyl (C=O) groups excluding carboxylic acids is 1. The Bertz CT molecular complexity index is 570. The van der Waals surface area contributed by atoms with Gasteiger partial charge in [0.25, 0.3) is 0 Å². The fourth-order valence-corrected chi connectivity index (χ4v) is 2.09. The summed E-state index contributed by atoms with van der Waals surface area (Å²) in [5, 5.41) is 0. The van der Waals surface area contributed by atoms with Gasteiger partial charge in [-0.2, -0.15) is 0 Å². The summed E-state index contributed by atoms with van der Waals surface area (Å²) in [7, 11) is 0. The molecule has 0 atom stereocenters. The maximum Gasteiger partial charge on any atom is 0.150 e. The summed E-state index contributed by atoms with van der Waals surface area (Å²) < 4.78 is 5.85. The fourth-order valence-electron chi connectivity index (χ4n) is 2.09. The molecule has 2 heteroatoms. The number of hydrogen-bond donors (Lipinski definition) is 0. The Hall–Kier alpha value is -2.09. The van der Waals surface area contributed by atoms with Crippen molar-refractivity contribution in [3.05, 3.63) is 59.2 Å². The second-order valence-corrected chi connectivity index (χ2v) is 4.99. The van der Waals surface area contributed by atoms with Crippen LogP contribution in [-0.4, -0.2) is 6.29 Å². The topological polar surface area (TPSA) is 26.3 Å². The Labute approximate surface area is 120 Å². The van der Waals surface area contributed by atoms with Crippen LogP contribution in [-0.2, 0) is 6.42 Å². The van der Waals surface area contributed by atoms with Gasteiger partial charge in [0.15, 0.2) is 0 Å². The molecule has 2 aromatic rings. The zero-order valence-corrected chi connectivity index (χ0v) is 12.1. The molecule has 0 aliphatic rings. The first-order valence-electron chi connectivity index (χ1n) is 7.05. The third kappa shape index (κ3) is 3.70. The second-order valence-electron chi connectivity index (χ2n) is 4.99. The van der Waals surface area contributed by atoms with Gasteiger partial charge in [-0.25, -0.2) is 0 Å². The van der Waals surface area contributed by atoms with Gasteiger partial charge in [-0.1, -0.05) is 25.5 Å². The molecule has 2 rings (SSSR count). The lowest BCUT2D eigenvalue weighted by Gasteiger charge is -2.09. The number of aldehydes is 1. The van der Waals surface area contributed by atoms with Crippen molar-refractivity contribution in [2.75, 3.05) is 0 Å². The van der Waals surface area contributed by atoms with E-state index < -0.39 is 0 Å². The van der Waals surface area contributed by atoms with Gasteiger partial charge < -0.3 is 4.74 Å². The minimum absolute atomic E-state index is 0.671. The molecule has 0 heterocycles. The minimum atomic E-state index is 0.671. The van der Waals surface area contributed by atoms with Crippen molar-refractivity contribution in [1.29, 1.82) is 0 Å². The number of carbonyl (C=O) groups is 1. The minimum Gasteiger partial charge on any atom is -0.457 e. The molecule has 20 heavy (non-hydrogen) atoms. The molecule has 0 spiro atoms. The molecule has 0 amide bonds. The van der Waals surface area contributed by atoms with Gasteiger partial charge in [-0.15, -0.1) is 0 Å². The first-order valence-corrected chi connectivity index (χ1v) is 7.05. The van der Waals surface area contributed by atoms with E-state index in [0.717, 1.165) is 29.8 Å². The maximum absolute atomic E-state index is 10.7. The number of hydrogen-bond acceptors (Lipinski definition) is 2. The molecule has 2 nitrogen and oxygen atoms in total. The molecule has 0 radical (unpaired) electrons. The van der Waals surface area contributed by atoms with Gasteiger partial charge in [-0.3, -0.25) is 4.79 Å². The Morgan fingerprint density at radius 2 is 1.85 bits per heavy atom.